The minimum absolute atomic E-state index is 0.0707. The van der Waals surface area contributed by atoms with Gasteiger partial charge in [-0.3, -0.25) is 0 Å². The third-order valence-electron chi connectivity index (χ3n) is 5.49. The number of fused-ring (bicyclic) bond motifs is 3. The molecule has 4 aromatic carbocycles. The number of nitrogens with zero attached hydrogens (tertiary/aromatic N) is 2. The fraction of sp³-hybridized carbons (Fsp3) is 0.0769. The van der Waals surface area contributed by atoms with Crippen molar-refractivity contribution in [2.75, 3.05) is 6.54 Å². The van der Waals surface area contributed by atoms with Gasteiger partial charge in [0.25, 0.3) is 0 Å². The molecule has 4 N–H and O–H groups in total. The number of thiocarbonyl (C=S) groups is 1. The Balaban J connectivity index is 0.000000165. The monoisotopic (exact) mass is 502 g/mol. The fourth-order valence-corrected chi connectivity index (χ4v) is 4.81. The van der Waals surface area contributed by atoms with Crippen molar-refractivity contribution in [3.63, 3.8) is 0 Å². The second-order valence-corrected chi connectivity index (χ2v) is 9.31. The SMILES string of the molecule is NCCc1cccc2c(S(=O)(=O)ON)cccc12.S=C=Nc1cccc2nc3ccccc3cc12. The van der Waals surface area contributed by atoms with Crippen LogP contribution in [0.5, 0.6) is 0 Å². The van der Waals surface area contributed by atoms with E-state index in [1.54, 1.807) is 18.2 Å². The van der Waals surface area contributed by atoms with Gasteiger partial charge < -0.3 is 5.73 Å². The summed E-state index contributed by atoms with van der Waals surface area (Å²) in [5, 5.41) is 5.95. The van der Waals surface area contributed by atoms with Gasteiger partial charge in [-0.1, -0.05) is 54.6 Å². The summed E-state index contributed by atoms with van der Waals surface area (Å²) in [5.74, 6) is 4.82. The smallest absolute Gasteiger partial charge is 0.313 e. The lowest BCUT2D eigenvalue weighted by molar-refractivity contribution is 0.333. The van der Waals surface area contributed by atoms with Crippen molar-refractivity contribution < 1.29 is 12.7 Å². The second-order valence-electron chi connectivity index (χ2n) is 7.59. The third-order valence-corrected chi connectivity index (χ3v) is 6.73. The van der Waals surface area contributed by atoms with Gasteiger partial charge in [0, 0.05) is 16.2 Å². The van der Waals surface area contributed by atoms with E-state index in [0.717, 1.165) is 38.4 Å². The van der Waals surface area contributed by atoms with E-state index in [4.69, 9.17) is 11.6 Å². The van der Waals surface area contributed by atoms with Gasteiger partial charge in [-0.05, 0) is 66.5 Å². The zero-order chi connectivity index (χ0) is 24.8. The Kier molecular flexibility index (Phi) is 7.57. The summed E-state index contributed by atoms with van der Waals surface area (Å²) in [6.45, 7) is 0.503. The van der Waals surface area contributed by atoms with Crippen molar-refractivity contribution >= 4 is 65.8 Å². The normalized spacial score (nSPS) is 11.1. The molecule has 0 saturated heterocycles. The molecule has 1 aromatic heterocycles. The molecular weight excluding hydrogens is 480 g/mol. The van der Waals surface area contributed by atoms with Crippen LogP contribution < -0.4 is 11.6 Å². The minimum Gasteiger partial charge on any atom is -0.330 e. The molecule has 0 atom stereocenters. The number of benzene rings is 4. The van der Waals surface area contributed by atoms with Crippen LogP contribution in [0.2, 0.25) is 0 Å². The van der Waals surface area contributed by atoms with Crippen molar-refractivity contribution in [3.05, 3.63) is 90.5 Å². The lowest BCUT2D eigenvalue weighted by Gasteiger charge is -2.09. The van der Waals surface area contributed by atoms with E-state index in [1.165, 1.54) is 6.07 Å². The summed E-state index contributed by atoms with van der Waals surface area (Å²) in [6.07, 6.45) is 0.685. The second kappa shape index (κ2) is 10.8. The molecule has 5 aromatic rings. The lowest BCUT2D eigenvalue weighted by Crippen LogP contribution is -2.11. The number of nitrogens with two attached hydrogens (primary N) is 2. The zero-order valence-corrected chi connectivity index (χ0v) is 20.2. The van der Waals surface area contributed by atoms with E-state index in [-0.39, 0.29) is 4.90 Å². The Morgan fingerprint density at radius 1 is 0.886 bits per heavy atom. The number of para-hydroxylation sites is 1. The van der Waals surface area contributed by atoms with Crippen LogP contribution in [0.25, 0.3) is 32.6 Å². The average molecular weight is 503 g/mol. The molecule has 0 unspecified atom stereocenters. The predicted molar refractivity (Wildman–Crippen MR) is 143 cm³/mol. The molecule has 0 radical (unpaired) electrons. The van der Waals surface area contributed by atoms with Gasteiger partial charge in [-0.15, -0.1) is 0 Å². The highest BCUT2D eigenvalue weighted by Gasteiger charge is 2.17. The van der Waals surface area contributed by atoms with Crippen LogP contribution in [0, 0.1) is 0 Å². The molecule has 0 bridgehead atoms. The number of aromatic nitrogens is 1. The number of rotatable bonds is 5. The van der Waals surface area contributed by atoms with Gasteiger partial charge in [-0.25, -0.2) is 4.98 Å². The van der Waals surface area contributed by atoms with Crippen LogP contribution in [-0.4, -0.2) is 25.1 Å². The van der Waals surface area contributed by atoms with E-state index in [1.807, 2.05) is 54.6 Å². The van der Waals surface area contributed by atoms with Crippen molar-refractivity contribution in [1.29, 1.82) is 0 Å². The van der Waals surface area contributed by atoms with Gasteiger partial charge in [0.15, 0.2) is 0 Å². The molecule has 0 aliphatic rings. The molecule has 5 rings (SSSR count). The van der Waals surface area contributed by atoms with Crippen LogP contribution in [-0.2, 0) is 20.8 Å². The van der Waals surface area contributed by atoms with Gasteiger partial charge in [-0.2, -0.15) is 23.6 Å². The highest BCUT2D eigenvalue weighted by molar-refractivity contribution is 7.87. The Bertz CT molecular complexity index is 1680. The van der Waals surface area contributed by atoms with E-state index in [0.29, 0.717) is 18.4 Å². The molecule has 35 heavy (non-hydrogen) atoms. The Labute approximate surface area is 208 Å². The average Bonchev–Trinajstić information content (AvgIpc) is 2.88. The first-order valence-corrected chi connectivity index (χ1v) is 12.5. The number of aliphatic imine (C=N–C) groups is 1. The first-order valence-electron chi connectivity index (χ1n) is 10.7. The summed E-state index contributed by atoms with van der Waals surface area (Å²) in [5.41, 5.74) is 9.27. The molecule has 176 valence electrons. The molecule has 1 heterocycles. The first-order chi connectivity index (χ1) is 17.0. The molecule has 0 amide bonds. The van der Waals surface area contributed by atoms with Gasteiger partial charge >= 0.3 is 10.1 Å². The third kappa shape index (κ3) is 5.26. The Hall–Kier alpha value is -3.56. The molecule has 0 spiro atoms. The van der Waals surface area contributed by atoms with E-state index < -0.39 is 10.1 Å². The Morgan fingerprint density at radius 2 is 1.60 bits per heavy atom. The molecule has 7 nitrogen and oxygen atoms in total. The van der Waals surface area contributed by atoms with Crippen LogP contribution in [0.15, 0.2) is 94.8 Å². The maximum atomic E-state index is 11.7. The molecule has 0 aliphatic heterocycles. The minimum atomic E-state index is -3.91. The largest absolute Gasteiger partial charge is 0.330 e. The number of hydrogen-bond donors (Lipinski definition) is 2. The van der Waals surface area contributed by atoms with E-state index >= 15 is 0 Å². The van der Waals surface area contributed by atoms with Gasteiger partial charge in [0.2, 0.25) is 0 Å². The van der Waals surface area contributed by atoms with Gasteiger partial charge in [0.05, 0.1) is 21.9 Å². The highest BCUT2D eigenvalue weighted by atomic mass is 32.2. The standard InChI is InChI=1S/C14H8N2S.C12H14N2O3S/c17-9-15-13-6-3-7-14-11(13)8-10-4-1-2-5-12(10)16-14;13-8-7-9-3-1-5-11-10(9)4-2-6-12(11)18(15,16)17-14/h1-8H;1-6H,7-8,13-14H2. The lowest BCUT2D eigenvalue weighted by atomic mass is 10.0. The van der Waals surface area contributed by atoms with Crippen molar-refractivity contribution in [2.24, 2.45) is 16.6 Å². The van der Waals surface area contributed by atoms with Crippen molar-refractivity contribution in [1.82, 2.24) is 4.98 Å². The number of pyridine rings is 1. The maximum Gasteiger partial charge on any atom is 0.313 e. The maximum absolute atomic E-state index is 11.7. The van der Waals surface area contributed by atoms with Crippen LogP contribution >= 0.6 is 12.2 Å². The number of isothiocyanates is 1. The topological polar surface area (TPSA) is 121 Å². The van der Waals surface area contributed by atoms with E-state index in [2.05, 4.69) is 37.7 Å². The first kappa shape index (κ1) is 24.6. The van der Waals surface area contributed by atoms with Gasteiger partial charge in [0.1, 0.15) is 4.90 Å². The predicted octanol–water partition coefficient (Wildman–Crippen LogP) is 5.04. The molecule has 0 aliphatic carbocycles. The van der Waals surface area contributed by atoms with E-state index in [9.17, 15) is 8.42 Å². The molecule has 0 saturated carbocycles. The summed E-state index contributed by atoms with van der Waals surface area (Å²) < 4.78 is 27.5. The van der Waals surface area contributed by atoms with Crippen molar-refractivity contribution in [2.45, 2.75) is 11.3 Å². The summed E-state index contributed by atoms with van der Waals surface area (Å²) in [4.78, 5) is 8.74. The van der Waals surface area contributed by atoms with Crippen LogP contribution in [0.1, 0.15) is 5.56 Å². The molecule has 9 heteroatoms. The summed E-state index contributed by atoms with van der Waals surface area (Å²) >= 11 is 4.66. The molecule has 0 fully saturated rings. The number of hydrogen-bond acceptors (Lipinski definition) is 8. The molecular formula is C26H22N4O3S2. The van der Waals surface area contributed by atoms with Crippen molar-refractivity contribution in [3.8, 4) is 0 Å². The zero-order valence-electron chi connectivity index (χ0n) is 18.6. The van der Waals surface area contributed by atoms with Crippen LogP contribution in [0.3, 0.4) is 0 Å². The summed E-state index contributed by atoms with van der Waals surface area (Å²) in [7, 11) is -3.91. The highest BCUT2D eigenvalue weighted by Crippen LogP contribution is 2.28. The summed E-state index contributed by atoms with van der Waals surface area (Å²) in [6, 6.07) is 26.4. The fourth-order valence-electron chi connectivity index (χ4n) is 3.92. The quantitative estimate of drug-likeness (QED) is 0.149. The van der Waals surface area contributed by atoms with Crippen LogP contribution in [0.4, 0.5) is 5.69 Å². The Morgan fingerprint density at radius 3 is 2.37 bits per heavy atom.